The van der Waals surface area contributed by atoms with Gasteiger partial charge in [0.25, 0.3) is 5.91 Å². The molecule has 1 rings (SSSR count). The fraction of sp³-hybridized carbons (Fsp3) is 0.533. The van der Waals surface area contributed by atoms with Gasteiger partial charge in [-0.05, 0) is 35.6 Å². The topological polar surface area (TPSA) is 38.3 Å². The lowest BCUT2D eigenvalue weighted by molar-refractivity contribution is -0.123. The van der Waals surface area contributed by atoms with E-state index >= 15 is 0 Å². The number of carbonyl (C=O) groups excluding carboxylic acids is 1. The lowest BCUT2D eigenvalue weighted by Crippen LogP contribution is -2.31. The molecule has 0 aliphatic heterocycles. The third-order valence-electron chi connectivity index (χ3n) is 2.66. The predicted octanol–water partition coefficient (Wildman–Crippen LogP) is 3.72. The number of halogens is 1. The molecule has 1 aromatic carbocycles. The van der Waals surface area contributed by atoms with Crippen molar-refractivity contribution in [1.82, 2.24) is 5.32 Å². The molecule has 0 spiro atoms. The second-order valence-electron chi connectivity index (χ2n) is 5.32. The van der Waals surface area contributed by atoms with Gasteiger partial charge in [-0.25, -0.2) is 0 Å². The third-order valence-corrected chi connectivity index (χ3v) is 3.15. The van der Waals surface area contributed by atoms with Crippen molar-refractivity contribution in [3.8, 4) is 5.75 Å². The van der Waals surface area contributed by atoms with E-state index in [4.69, 9.17) is 4.74 Å². The van der Waals surface area contributed by atoms with Crippen molar-refractivity contribution < 1.29 is 9.53 Å². The van der Waals surface area contributed by atoms with Crippen molar-refractivity contribution in [2.75, 3.05) is 13.2 Å². The number of ether oxygens (including phenoxy) is 1. The highest BCUT2D eigenvalue weighted by Crippen LogP contribution is 2.29. The van der Waals surface area contributed by atoms with Crippen molar-refractivity contribution in [3.63, 3.8) is 0 Å². The van der Waals surface area contributed by atoms with Crippen molar-refractivity contribution in [1.29, 1.82) is 0 Å². The Kier molecular flexibility index (Phi) is 6.35. The summed E-state index contributed by atoms with van der Waals surface area (Å²) in [7, 11) is 0. The number of hydrogen-bond acceptors (Lipinski definition) is 2. The minimum atomic E-state index is -0.0775. The smallest absolute Gasteiger partial charge is 0.257 e. The van der Waals surface area contributed by atoms with Crippen LogP contribution in [0.3, 0.4) is 0 Å². The van der Waals surface area contributed by atoms with Crippen molar-refractivity contribution in [2.24, 2.45) is 5.92 Å². The summed E-state index contributed by atoms with van der Waals surface area (Å²) in [6.45, 7) is 9.08. The van der Waals surface area contributed by atoms with Gasteiger partial charge < -0.3 is 10.1 Å². The van der Waals surface area contributed by atoms with Gasteiger partial charge in [0.05, 0.1) is 0 Å². The van der Waals surface area contributed by atoms with E-state index < -0.39 is 0 Å². The maximum atomic E-state index is 11.6. The summed E-state index contributed by atoms with van der Waals surface area (Å²) < 4.78 is 6.64. The van der Waals surface area contributed by atoms with Crippen LogP contribution in [0.15, 0.2) is 22.7 Å². The van der Waals surface area contributed by atoms with Crippen LogP contribution in [-0.4, -0.2) is 19.1 Å². The third kappa shape index (κ3) is 5.64. The summed E-state index contributed by atoms with van der Waals surface area (Å²) in [5.74, 6) is 1.50. The van der Waals surface area contributed by atoms with Gasteiger partial charge in [-0.15, -0.1) is 0 Å². The summed E-state index contributed by atoms with van der Waals surface area (Å²) in [6.07, 6.45) is 0. The van der Waals surface area contributed by atoms with Crippen molar-refractivity contribution >= 4 is 21.8 Å². The van der Waals surface area contributed by atoms with Gasteiger partial charge in [-0.3, -0.25) is 4.79 Å². The van der Waals surface area contributed by atoms with Gasteiger partial charge in [-0.2, -0.15) is 0 Å². The number of benzene rings is 1. The maximum absolute atomic E-state index is 11.6. The highest BCUT2D eigenvalue weighted by molar-refractivity contribution is 9.10. The molecule has 0 aliphatic carbocycles. The van der Waals surface area contributed by atoms with Gasteiger partial charge >= 0.3 is 0 Å². The summed E-state index contributed by atoms with van der Waals surface area (Å²) >= 11 is 3.45. The van der Waals surface area contributed by atoms with Crippen molar-refractivity contribution in [3.05, 3.63) is 28.2 Å². The first kappa shape index (κ1) is 16.0. The van der Waals surface area contributed by atoms with Gasteiger partial charge in [0.2, 0.25) is 0 Å². The summed E-state index contributed by atoms with van der Waals surface area (Å²) in [5, 5.41) is 2.84. The average molecular weight is 328 g/mol. The Hall–Kier alpha value is -1.03. The molecule has 1 aromatic rings. The van der Waals surface area contributed by atoms with Crippen LogP contribution in [-0.2, 0) is 4.79 Å². The van der Waals surface area contributed by atoms with E-state index in [0.29, 0.717) is 18.4 Å². The van der Waals surface area contributed by atoms with E-state index in [1.165, 1.54) is 0 Å². The average Bonchev–Trinajstić information content (AvgIpc) is 2.34. The van der Waals surface area contributed by atoms with E-state index in [1.807, 2.05) is 18.2 Å². The standard InChI is InChI=1S/C15H22BrNO2/c1-10(2)8-17-15(18)9-19-14-6-5-12(16)7-13(14)11(3)4/h5-7,10-11H,8-9H2,1-4H3,(H,17,18). The zero-order valence-electron chi connectivity index (χ0n) is 12.0. The minimum Gasteiger partial charge on any atom is -0.483 e. The Morgan fingerprint density at radius 2 is 2.00 bits per heavy atom. The summed E-state index contributed by atoms with van der Waals surface area (Å²) in [6, 6.07) is 5.86. The van der Waals surface area contributed by atoms with E-state index in [2.05, 4.69) is 48.9 Å². The zero-order chi connectivity index (χ0) is 14.4. The Bertz CT molecular complexity index is 430. The monoisotopic (exact) mass is 327 g/mol. The number of nitrogens with one attached hydrogen (secondary N) is 1. The lowest BCUT2D eigenvalue weighted by atomic mass is 10.0. The normalized spacial score (nSPS) is 10.9. The van der Waals surface area contributed by atoms with Crippen LogP contribution in [0.2, 0.25) is 0 Å². The molecule has 0 heterocycles. The first-order valence-electron chi connectivity index (χ1n) is 6.59. The Balaban J connectivity index is 2.60. The van der Waals surface area contributed by atoms with Crippen LogP contribution in [0.4, 0.5) is 0 Å². The molecule has 0 aliphatic rings. The molecular formula is C15H22BrNO2. The van der Waals surface area contributed by atoms with Crippen LogP contribution in [0.5, 0.6) is 5.75 Å². The quantitative estimate of drug-likeness (QED) is 0.864. The SMILES string of the molecule is CC(C)CNC(=O)COc1ccc(Br)cc1C(C)C. The highest BCUT2D eigenvalue weighted by Gasteiger charge is 2.10. The Morgan fingerprint density at radius 3 is 2.58 bits per heavy atom. The molecule has 106 valence electrons. The molecule has 0 saturated heterocycles. The van der Waals surface area contributed by atoms with Gasteiger partial charge in [0.15, 0.2) is 6.61 Å². The molecule has 4 heteroatoms. The van der Waals surface area contributed by atoms with E-state index in [0.717, 1.165) is 15.8 Å². The number of rotatable bonds is 6. The molecule has 0 unspecified atom stereocenters. The van der Waals surface area contributed by atoms with E-state index in [9.17, 15) is 4.79 Å². The fourth-order valence-corrected chi connectivity index (χ4v) is 1.99. The molecule has 19 heavy (non-hydrogen) atoms. The number of carbonyl (C=O) groups is 1. The van der Waals surface area contributed by atoms with Crippen LogP contribution in [0.25, 0.3) is 0 Å². The summed E-state index contributed by atoms with van der Waals surface area (Å²) in [5.41, 5.74) is 1.10. The molecule has 0 radical (unpaired) electrons. The molecule has 1 amide bonds. The van der Waals surface area contributed by atoms with Crippen LogP contribution in [0.1, 0.15) is 39.2 Å². The summed E-state index contributed by atoms with van der Waals surface area (Å²) in [4.78, 5) is 11.6. The van der Waals surface area contributed by atoms with Crippen LogP contribution in [0, 0.1) is 5.92 Å². The lowest BCUT2D eigenvalue weighted by Gasteiger charge is -2.14. The number of hydrogen-bond donors (Lipinski definition) is 1. The van der Waals surface area contributed by atoms with E-state index in [-0.39, 0.29) is 12.5 Å². The predicted molar refractivity (Wildman–Crippen MR) is 81.6 cm³/mol. The molecule has 0 fully saturated rings. The Morgan fingerprint density at radius 1 is 1.32 bits per heavy atom. The second-order valence-corrected chi connectivity index (χ2v) is 6.24. The molecule has 0 saturated carbocycles. The molecule has 0 bridgehead atoms. The number of amides is 1. The van der Waals surface area contributed by atoms with Crippen LogP contribution >= 0.6 is 15.9 Å². The molecule has 3 nitrogen and oxygen atoms in total. The fourth-order valence-electron chi connectivity index (χ4n) is 1.61. The Labute approximate surface area is 123 Å². The molecule has 1 N–H and O–H groups in total. The second kappa shape index (κ2) is 7.53. The van der Waals surface area contributed by atoms with Gasteiger partial charge in [-0.1, -0.05) is 43.6 Å². The van der Waals surface area contributed by atoms with Gasteiger partial charge in [0, 0.05) is 11.0 Å². The molecule has 0 atom stereocenters. The first-order chi connectivity index (χ1) is 8.90. The van der Waals surface area contributed by atoms with Gasteiger partial charge in [0.1, 0.15) is 5.75 Å². The van der Waals surface area contributed by atoms with Crippen LogP contribution < -0.4 is 10.1 Å². The van der Waals surface area contributed by atoms with Crippen molar-refractivity contribution in [2.45, 2.75) is 33.6 Å². The molecule has 0 aromatic heterocycles. The minimum absolute atomic E-state index is 0.0636. The first-order valence-corrected chi connectivity index (χ1v) is 7.38. The zero-order valence-corrected chi connectivity index (χ0v) is 13.6. The highest BCUT2D eigenvalue weighted by atomic mass is 79.9. The molecular weight excluding hydrogens is 306 g/mol. The maximum Gasteiger partial charge on any atom is 0.257 e. The van der Waals surface area contributed by atoms with E-state index in [1.54, 1.807) is 0 Å². The largest absolute Gasteiger partial charge is 0.483 e.